The summed E-state index contributed by atoms with van der Waals surface area (Å²) in [7, 11) is -8.39. The van der Waals surface area contributed by atoms with Crippen LogP contribution in [0, 0.1) is 6.92 Å². The van der Waals surface area contributed by atoms with Gasteiger partial charge in [-0.1, -0.05) is 30.0 Å². The van der Waals surface area contributed by atoms with Gasteiger partial charge in [0.1, 0.15) is 0 Å². The first-order chi connectivity index (χ1) is 16.4. The van der Waals surface area contributed by atoms with Gasteiger partial charge in [0.2, 0.25) is 5.88 Å². The van der Waals surface area contributed by atoms with Gasteiger partial charge < -0.3 is 10.0 Å². The summed E-state index contributed by atoms with van der Waals surface area (Å²) in [4.78, 5) is 2.80. The predicted molar refractivity (Wildman–Crippen MR) is 133 cm³/mol. The molecule has 1 unspecified atom stereocenters. The van der Waals surface area contributed by atoms with Gasteiger partial charge in [-0.05, 0) is 55.8 Å². The molecule has 13 heteroatoms. The van der Waals surface area contributed by atoms with Crippen LogP contribution in [0.1, 0.15) is 17.7 Å². The Morgan fingerprint density at radius 2 is 1.74 bits per heavy atom. The van der Waals surface area contributed by atoms with Crippen LogP contribution in [-0.4, -0.2) is 58.5 Å². The van der Waals surface area contributed by atoms with E-state index >= 15 is 0 Å². The Morgan fingerprint density at radius 3 is 2.40 bits per heavy atom. The molecule has 1 atom stereocenters. The van der Waals surface area contributed by atoms with Crippen molar-refractivity contribution in [3.8, 4) is 11.6 Å². The largest absolute Gasteiger partial charge is 0.493 e. The van der Waals surface area contributed by atoms with Crippen LogP contribution in [0.5, 0.6) is 5.88 Å². The molecule has 4 rings (SSSR count). The van der Waals surface area contributed by atoms with Gasteiger partial charge in [0, 0.05) is 11.4 Å². The maximum Gasteiger partial charge on any atom is 0.294 e. The predicted octanol–water partition coefficient (Wildman–Crippen LogP) is 3.36. The maximum absolute atomic E-state index is 11.3. The topological polar surface area (TPSA) is 150 Å². The van der Waals surface area contributed by atoms with E-state index in [1.165, 1.54) is 28.9 Å². The van der Waals surface area contributed by atoms with Crippen molar-refractivity contribution in [2.45, 2.75) is 28.5 Å². The second-order valence-electron chi connectivity index (χ2n) is 7.87. The lowest BCUT2D eigenvalue weighted by Crippen LogP contribution is -2.30. The molecule has 2 aromatic carbocycles. The molecular formula is C22H23N3O7S3. The number of anilines is 1. The third kappa shape index (κ3) is 5.70. The van der Waals surface area contributed by atoms with Crippen molar-refractivity contribution >= 4 is 43.8 Å². The first kappa shape index (κ1) is 25.3. The quantitative estimate of drug-likeness (QED) is 0.365. The number of fused-ring (bicyclic) bond motifs is 1. The maximum atomic E-state index is 11.3. The molecule has 0 radical (unpaired) electrons. The molecule has 3 aromatic rings. The minimum atomic E-state index is -4.33. The van der Waals surface area contributed by atoms with E-state index in [2.05, 4.69) is 5.10 Å². The molecule has 0 bridgehead atoms. The van der Waals surface area contributed by atoms with E-state index in [-0.39, 0.29) is 28.3 Å². The van der Waals surface area contributed by atoms with Gasteiger partial charge >= 0.3 is 0 Å². The summed E-state index contributed by atoms with van der Waals surface area (Å²) in [6.07, 6.45) is 3.87. The summed E-state index contributed by atoms with van der Waals surface area (Å²) < 4.78 is 64.3. The normalized spacial score (nSPS) is 16.2. The minimum Gasteiger partial charge on any atom is -0.493 e. The lowest BCUT2D eigenvalue weighted by atomic mass is 10.2. The number of hydrogen-bond acceptors (Lipinski definition) is 8. The van der Waals surface area contributed by atoms with Crippen LogP contribution in [0.15, 0.2) is 64.4 Å². The summed E-state index contributed by atoms with van der Waals surface area (Å²) in [6, 6.07) is 13.0. The van der Waals surface area contributed by atoms with Crippen LogP contribution >= 0.6 is 11.8 Å². The lowest BCUT2D eigenvalue weighted by molar-refractivity contribution is 0.432. The monoisotopic (exact) mass is 537 g/mol. The van der Waals surface area contributed by atoms with Crippen molar-refractivity contribution < 1.29 is 31.0 Å². The van der Waals surface area contributed by atoms with Crippen molar-refractivity contribution in [3.05, 3.63) is 65.9 Å². The molecule has 0 saturated heterocycles. The van der Waals surface area contributed by atoms with E-state index in [1.807, 2.05) is 35.2 Å². The Balaban J connectivity index is 1.58. The number of aryl methyl sites for hydroxylation is 1. The van der Waals surface area contributed by atoms with E-state index in [1.54, 1.807) is 24.8 Å². The van der Waals surface area contributed by atoms with Crippen molar-refractivity contribution in [3.63, 3.8) is 0 Å². The third-order valence-corrected chi connectivity index (χ3v) is 8.34. The molecule has 0 amide bonds. The van der Waals surface area contributed by atoms with Gasteiger partial charge in [0.25, 0.3) is 20.2 Å². The summed E-state index contributed by atoms with van der Waals surface area (Å²) in [5, 5.41) is 15.0. The molecular weight excluding hydrogens is 514 g/mol. The van der Waals surface area contributed by atoms with Crippen LogP contribution < -0.4 is 4.90 Å². The van der Waals surface area contributed by atoms with Crippen LogP contribution in [0.2, 0.25) is 0 Å². The highest BCUT2D eigenvalue weighted by Gasteiger charge is 2.28. The summed E-state index contributed by atoms with van der Waals surface area (Å²) in [5.41, 5.74) is 2.37. The zero-order valence-corrected chi connectivity index (χ0v) is 21.0. The second-order valence-corrected chi connectivity index (χ2v) is 12.0. The second kappa shape index (κ2) is 9.66. The van der Waals surface area contributed by atoms with E-state index < -0.39 is 20.2 Å². The van der Waals surface area contributed by atoms with Gasteiger partial charge in [0.15, 0.2) is 0 Å². The molecule has 0 spiro atoms. The van der Waals surface area contributed by atoms with Crippen molar-refractivity contribution in [2.75, 3.05) is 17.2 Å². The van der Waals surface area contributed by atoms with Gasteiger partial charge in [-0.2, -0.15) is 21.9 Å². The number of thioether (sulfide) groups is 1. The van der Waals surface area contributed by atoms with Crippen LogP contribution in [0.3, 0.4) is 0 Å². The van der Waals surface area contributed by atoms with Gasteiger partial charge in [-0.15, -0.1) is 0 Å². The highest BCUT2D eigenvalue weighted by atomic mass is 32.2. The molecule has 3 N–H and O–H groups in total. The Bertz CT molecular complexity index is 1480. The van der Waals surface area contributed by atoms with Gasteiger partial charge in [-0.25, -0.2) is 4.68 Å². The van der Waals surface area contributed by atoms with E-state index in [4.69, 9.17) is 9.11 Å². The minimum absolute atomic E-state index is 0.142. The summed E-state index contributed by atoms with van der Waals surface area (Å²) in [5.74, 6) is -0.479. The molecule has 0 aliphatic carbocycles. The number of nitrogens with zero attached hydrogens (tertiary/aromatic N) is 3. The number of para-hydroxylation sites is 1. The van der Waals surface area contributed by atoms with Crippen LogP contribution in [-0.2, 0) is 20.2 Å². The highest BCUT2D eigenvalue weighted by molar-refractivity contribution is 8.00. The fourth-order valence-corrected chi connectivity index (χ4v) is 5.97. The van der Waals surface area contributed by atoms with Crippen molar-refractivity contribution in [1.82, 2.24) is 9.78 Å². The van der Waals surface area contributed by atoms with E-state index in [9.17, 15) is 21.9 Å². The highest BCUT2D eigenvalue weighted by Crippen LogP contribution is 2.44. The fourth-order valence-electron chi connectivity index (χ4n) is 3.77. The molecule has 1 aromatic heterocycles. The lowest BCUT2D eigenvalue weighted by Gasteiger charge is -2.24. The first-order valence-corrected chi connectivity index (χ1v) is 14.4. The van der Waals surface area contributed by atoms with Crippen LogP contribution in [0.25, 0.3) is 11.8 Å². The fraction of sp³-hybridized carbons (Fsp3) is 0.227. The van der Waals surface area contributed by atoms with Gasteiger partial charge in [-0.3, -0.25) is 9.11 Å². The smallest absolute Gasteiger partial charge is 0.294 e. The first-order valence-electron chi connectivity index (χ1n) is 10.5. The molecule has 0 fully saturated rings. The number of benzene rings is 2. The molecule has 186 valence electrons. The number of aromatic hydroxyl groups is 1. The molecule has 10 nitrogen and oxygen atoms in total. The van der Waals surface area contributed by atoms with Gasteiger partial charge in [0.05, 0.1) is 38.7 Å². The summed E-state index contributed by atoms with van der Waals surface area (Å²) in [6.45, 7) is 2.13. The Labute approximate surface area is 207 Å². The molecule has 0 saturated carbocycles. The average Bonchev–Trinajstić information content (AvgIpc) is 3.27. The zero-order valence-electron chi connectivity index (χ0n) is 18.5. The van der Waals surface area contributed by atoms with Crippen molar-refractivity contribution in [1.29, 1.82) is 0 Å². The van der Waals surface area contributed by atoms with E-state index in [0.29, 0.717) is 23.5 Å². The zero-order chi connectivity index (χ0) is 25.4. The van der Waals surface area contributed by atoms with E-state index in [0.717, 1.165) is 10.6 Å². The van der Waals surface area contributed by atoms with Crippen molar-refractivity contribution in [2.24, 2.45) is 0 Å². The average molecular weight is 538 g/mol. The van der Waals surface area contributed by atoms with Crippen LogP contribution in [0.4, 0.5) is 5.69 Å². The molecule has 2 heterocycles. The molecule has 35 heavy (non-hydrogen) atoms. The number of aromatic nitrogens is 2. The Kier molecular flexibility index (Phi) is 6.97. The number of hydrogen-bond donors (Lipinski definition) is 3. The number of rotatable bonds is 8. The third-order valence-electron chi connectivity index (χ3n) is 5.42. The Morgan fingerprint density at radius 1 is 1.06 bits per heavy atom. The standard InChI is InChI=1S/C22H23N3O7S3/c1-15-18(22(26)25(23-15)16-7-9-17(10-8-16)35(30,31)32)11-12-21-24(13-4-14-34(27,28)29)19-5-2-3-6-20(19)33-21/h2-3,5-12,21,26H,4,13-14H2,1H3,(H,27,28,29)(H,30,31,32). The Hall–Kier alpha value is -2.84. The summed E-state index contributed by atoms with van der Waals surface area (Å²) >= 11 is 1.58. The SMILES string of the molecule is Cc1nn(-c2ccc(S(=O)(=O)O)cc2)c(O)c1C=CC1Sc2ccccc2N1CCCS(=O)(=O)O. The molecule has 1 aliphatic heterocycles. The molecule has 1 aliphatic rings.